The van der Waals surface area contributed by atoms with Crippen LogP contribution < -0.4 is 5.32 Å². The number of hydrogen-bond acceptors (Lipinski definition) is 3. The van der Waals surface area contributed by atoms with E-state index in [9.17, 15) is 9.90 Å². The number of carbonyl (C=O) groups excluding carboxylic acids is 1. The van der Waals surface area contributed by atoms with Crippen LogP contribution in [0, 0.1) is 18.8 Å². The van der Waals surface area contributed by atoms with E-state index in [1.165, 1.54) is 12.8 Å². The van der Waals surface area contributed by atoms with Gasteiger partial charge < -0.3 is 14.8 Å². The monoisotopic (exact) mass is 251 g/mol. The summed E-state index contributed by atoms with van der Waals surface area (Å²) < 4.78 is 5.28. The van der Waals surface area contributed by atoms with Crippen LogP contribution in [0.2, 0.25) is 0 Å². The molecule has 100 valence electrons. The summed E-state index contributed by atoms with van der Waals surface area (Å²) in [6.45, 7) is 2.67. The highest BCUT2D eigenvalue weighted by Crippen LogP contribution is 2.29. The molecule has 1 fully saturated rings. The predicted molar refractivity (Wildman–Crippen MR) is 68.3 cm³/mol. The van der Waals surface area contributed by atoms with Crippen molar-refractivity contribution in [3.05, 3.63) is 23.7 Å². The van der Waals surface area contributed by atoms with E-state index < -0.39 is 0 Å². The molecule has 1 heterocycles. The SMILES string of the molecule is Cc1ccc(C(=O)NCC2CCCCC2CO)o1. The third kappa shape index (κ3) is 3.13. The van der Waals surface area contributed by atoms with Gasteiger partial charge in [-0.1, -0.05) is 12.8 Å². The van der Waals surface area contributed by atoms with Crippen LogP contribution in [0.5, 0.6) is 0 Å². The molecule has 0 bridgehead atoms. The molecule has 1 amide bonds. The van der Waals surface area contributed by atoms with Crippen LogP contribution in [0.25, 0.3) is 0 Å². The molecule has 0 radical (unpaired) electrons. The summed E-state index contributed by atoms with van der Waals surface area (Å²) in [6, 6.07) is 3.47. The highest BCUT2D eigenvalue weighted by atomic mass is 16.3. The molecule has 0 saturated heterocycles. The minimum atomic E-state index is -0.162. The van der Waals surface area contributed by atoms with Gasteiger partial charge in [0.1, 0.15) is 5.76 Å². The second-order valence-electron chi connectivity index (χ2n) is 5.11. The number of aryl methyl sites for hydroxylation is 1. The Morgan fingerprint density at radius 1 is 1.39 bits per heavy atom. The highest BCUT2D eigenvalue weighted by molar-refractivity contribution is 5.91. The number of hydrogen-bond donors (Lipinski definition) is 2. The van der Waals surface area contributed by atoms with Gasteiger partial charge in [0.15, 0.2) is 5.76 Å². The fourth-order valence-corrected chi connectivity index (χ4v) is 2.66. The second-order valence-corrected chi connectivity index (χ2v) is 5.11. The molecule has 4 heteroatoms. The fraction of sp³-hybridized carbons (Fsp3) is 0.643. The number of nitrogens with one attached hydrogen (secondary N) is 1. The molecule has 2 atom stereocenters. The summed E-state index contributed by atoms with van der Waals surface area (Å²) >= 11 is 0. The normalized spacial score (nSPS) is 23.9. The lowest BCUT2D eigenvalue weighted by molar-refractivity contribution is 0.0882. The first-order valence-corrected chi connectivity index (χ1v) is 6.66. The number of amides is 1. The zero-order valence-corrected chi connectivity index (χ0v) is 10.8. The van der Waals surface area contributed by atoms with Crippen LogP contribution in [-0.4, -0.2) is 24.2 Å². The molecule has 0 spiro atoms. The molecule has 1 aliphatic rings. The summed E-state index contributed by atoms with van der Waals surface area (Å²) in [4.78, 5) is 11.8. The standard InChI is InChI=1S/C14H21NO3/c1-10-6-7-13(18-10)14(17)15-8-11-4-2-3-5-12(11)9-16/h6-7,11-12,16H,2-5,8-9H2,1H3,(H,15,17). The Morgan fingerprint density at radius 3 is 2.72 bits per heavy atom. The van der Waals surface area contributed by atoms with Gasteiger partial charge in [-0.3, -0.25) is 4.79 Å². The van der Waals surface area contributed by atoms with Crippen molar-refractivity contribution in [1.82, 2.24) is 5.32 Å². The van der Waals surface area contributed by atoms with E-state index in [0.717, 1.165) is 18.6 Å². The first-order valence-electron chi connectivity index (χ1n) is 6.66. The van der Waals surface area contributed by atoms with Gasteiger partial charge >= 0.3 is 0 Å². The number of furan rings is 1. The molecule has 0 aliphatic heterocycles. The molecule has 1 aromatic heterocycles. The van der Waals surface area contributed by atoms with Gasteiger partial charge in [-0.2, -0.15) is 0 Å². The largest absolute Gasteiger partial charge is 0.456 e. The van der Waals surface area contributed by atoms with Crippen molar-refractivity contribution in [3.8, 4) is 0 Å². The third-order valence-electron chi connectivity index (χ3n) is 3.79. The van der Waals surface area contributed by atoms with Gasteiger partial charge in [0, 0.05) is 13.2 Å². The molecule has 1 aromatic rings. The Morgan fingerprint density at radius 2 is 2.11 bits per heavy atom. The van der Waals surface area contributed by atoms with Crippen molar-refractivity contribution in [3.63, 3.8) is 0 Å². The van der Waals surface area contributed by atoms with Crippen molar-refractivity contribution in [2.45, 2.75) is 32.6 Å². The number of rotatable bonds is 4. The van der Waals surface area contributed by atoms with Gasteiger partial charge in [-0.15, -0.1) is 0 Å². The second kappa shape index (κ2) is 6.05. The molecule has 1 aliphatic carbocycles. The molecule has 1 saturated carbocycles. The zero-order chi connectivity index (χ0) is 13.0. The van der Waals surface area contributed by atoms with Crippen LogP contribution in [0.15, 0.2) is 16.5 Å². The summed E-state index contributed by atoms with van der Waals surface area (Å²) in [5.74, 6) is 1.67. The van der Waals surface area contributed by atoms with Gasteiger partial charge in [-0.05, 0) is 43.7 Å². The molecular weight excluding hydrogens is 230 g/mol. The smallest absolute Gasteiger partial charge is 0.287 e. The van der Waals surface area contributed by atoms with E-state index >= 15 is 0 Å². The third-order valence-corrected chi connectivity index (χ3v) is 3.79. The van der Waals surface area contributed by atoms with Crippen LogP contribution >= 0.6 is 0 Å². The van der Waals surface area contributed by atoms with E-state index in [1.54, 1.807) is 12.1 Å². The molecular formula is C14H21NO3. The van der Waals surface area contributed by atoms with Gasteiger partial charge in [0.05, 0.1) is 0 Å². The van der Waals surface area contributed by atoms with Crippen molar-refractivity contribution in [2.75, 3.05) is 13.2 Å². The Bertz CT molecular complexity index is 399. The molecule has 18 heavy (non-hydrogen) atoms. The van der Waals surface area contributed by atoms with Gasteiger partial charge in [0.25, 0.3) is 5.91 Å². The minimum absolute atomic E-state index is 0.162. The zero-order valence-electron chi connectivity index (χ0n) is 10.8. The molecule has 0 aromatic carbocycles. The molecule has 2 N–H and O–H groups in total. The molecule has 2 unspecified atom stereocenters. The minimum Gasteiger partial charge on any atom is -0.456 e. The Hall–Kier alpha value is -1.29. The van der Waals surface area contributed by atoms with Crippen LogP contribution in [-0.2, 0) is 0 Å². The maximum atomic E-state index is 11.8. The maximum absolute atomic E-state index is 11.8. The quantitative estimate of drug-likeness (QED) is 0.861. The van der Waals surface area contributed by atoms with Gasteiger partial charge in [-0.25, -0.2) is 0 Å². The summed E-state index contributed by atoms with van der Waals surface area (Å²) in [6.07, 6.45) is 4.53. The van der Waals surface area contributed by atoms with Crippen molar-refractivity contribution in [1.29, 1.82) is 0 Å². The van der Waals surface area contributed by atoms with Crippen LogP contribution in [0.1, 0.15) is 42.0 Å². The number of aliphatic hydroxyl groups is 1. The topological polar surface area (TPSA) is 62.5 Å². The van der Waals surface area contributed by atoms with Crippen molar-refractivity contribution < 1.29 is 14.3 Å². The highest BCUT2D eigenvalue weighted by Gasteiger charge is 2.25. The Labute approximate surface area is 107 Å². The molecule has 4 nitrogen and oxygen atoms in total. The van der Waals surface area contributed by atoms with Crippen LogP contribution in [0.3, 0.4) is 0 Å². The average molecular weight is 251 g/mol. The Balaban J connectivity index is 1.85. The van der Waals surface area contributed by atoms with E-state index in [-0.39, 0.29) is 12.5 Å². The average Bonchev–Trinajstić information content (AvgIpc) is 2.83. The lowest BCUT2D eigenvalue weighted by atomic mass is 9.79. The number of aliphatic hydroxyl groups excluding tert-OH is 1. The first kappa shape index (κ1) is 13.1. The molecule has 2 rings (SSSR count). The van der Waals surface area contributed by atoms with E-state index in [0.29, 0.717) is 24.1 Å². The van der Waals surface area contributed by atoms with Gasteiger partial charge in [0.2, 0.25) is 0 Å². The van der Waals surface area contributed by atoms with E-state index in [2.05, 4.69) is 5.32 Å². The lowest BCUT2D eigenvalue weighted by Crippen LogP contribution is -2.35. The lowest BCUT2D eigenvalue weighted by Gasteiger charge is -2.30. The summed E-state index contributed by atoms with van der Waals surface area (Å²) in [5.41, 5.74) is 0. The van der Waals surface area contributed by atoms with Crippen molar-refractivity contribution >= 4 is 5.91 Å². The number of carbonyl (C=O) groups is 1. The van der Waals surface area contributed by atoms with E-state index in [4.69, 9.17) is 4.42 Å². The van der Waals surface area contributed by atoms with E-state index in [1.807, 2.05) is 6.92 Å². The Kier molecular flexibility index (Phi) is 4.42. The summed E-state index contributed by atoms with van der Waals surface area (Å²) in [5, 5.41) is 12.2. The predicted octanol–water partition coefficient (Wildman–Crippen LogP) is 2.12. The fourth-order valence-electron chi connectivity index (χ4n) is 2.66. The first-order chi connectivity index (χ1) is 8.70. The van der Waals surface area contributed by atoms with Crippen LogP contribution in [0.4, 0.5) is 0 Å². The van der Waals surface area contributed by atoms with Crippen molar-refractivity contribution in [2.24, 2.45) is 11.8 Å². The maximum Gasteiger partial charge on any atom is 0.287 e. The summed E-state index contributed by atoms with van der Waals surface area (Å²) in [7, 11) is 0.